The molecule has 0 aliphatic carbocycles. The van der Waals surface area contributed by atoms with Gasteiger partial charge in [0, 0.05) is 12.1 Å². The molecule has 0 saturated carbocycles. The Labute approximate surface area is 93.7 Å². The minimum atomic E-state index is 0.491. The van der Waals surface area contributed by atoms with Crippen LogP contribution in [-0.4, -0.2) is 29.0 Å². The van der Waals surface area contributed by atoms with Crippen LogP contribution in [0, 0.1) is 0 Å². The summed E-state index contributed by atoms with van der Waals surface area (Å²) in [6, 6.07) is 1.20. The van der Waals surface area contributed by atoms with E-state index in [-0.39, 0.29) is 0 Å². The summed E-state index contributed by atoms with van der Waals surface area (Å²) in [5.41, 5.74) is 1.23. The second-order valence-corrected chi connectivity index (χ2v) is 4.69. The zero-order chi connectivity index (χ0) is 10.4. The van der Waals surface area contributed by atoms with Gasteiger partial charge in [-0.05, 0) is 31.9 Å². The first kappa shape index (κ1) is 9.43. The summed E-state index contributed by atoms with van der Waals surface area (Å²) in [4.78, 5) is 6.36. The quantitative estimate of drug-likeness (QED) is 0.734. The van der Waals surface area contributed by atoms with Crippen LogP contribution in [0.4, 0.5) is 0 Å². The van der Waals surface area contributed by atoms with Gasteiger partial charge in [-0.15, -0.1) is 0 Å². The van der Waals surface area contributed by atoms with Crippen molar-refractivity contribution in [2.75, 3.05) is 7.05 Å². The molecule has 0 radical (unpaired) electrons. The molecule has 0 spiro atoms. The molecule has 2 aliphatic rings. The predicted octanol–water partition coefficient (Wildman–Crippen LogP) is 2.58. The van der Waals surface area contributed by atoms with E-state index < -0.39 is 0 Å². The number of hydrogen-bond acceptors (Lipinski definition) is 3. The summed E-state index contributed by atoms with van der Waals surface area (Å²) in [5, 5.41) is 0.491. The van der Waals surface area contributed by atoms with Crippen molar-refractivity contribution in [2.45, 2.75) is 31.3 Å². The summed E-state index contributed by atoms with van der Waals surface area (Å²) in [6.45, 7) is 0. The second kappa shape index (κ2) is 3.35. The molecule has 3 nitrogen and oxygen atoms in total. The number of fused-ring (bicyclic) bond motifs is 2. The lowest BCUT2D eigenvalue weighted by molar-refractivity contribution is 0.263. The van der Waals surface area contributed by atoms with Crippen LogP contribution in [0.5, 0.6) is 0 Å². The molecule has 1 fully saturated rings. The fraction of sp³-hybridized carbons (Fsp3) is 0.545. The third-order valence-corrected chi connectivity index (χ3v) is 3.83. The van der Waals surface area contributed by atoms with Gasteiger partial charge in [-0.25, -0.2) is 4.98 Å². The maximum Gasteiger partial charge on any atom is 0.182 e. The molecule has 1 saturated heterocycles. The lowest BCUT2D eigenvalue weighted by Crippen LogP contribution is -2.34. The summed E-state index contributed by atoms with van der Waals surface area (Å²) in [5.74, 6) is 0.765. The molecular formula is C11H13ClN2O. The number of oxazole rings is 1. The molecule has 2 unspecified atom stereocenters. The number of nitrogens with zero attached hydrogens (tertiary/aromatic N) is 2. The van der Waals surface area contributed by atoms with Crippen molar-refractivity contribution in [3.63, 3.8) is 0 Å². The maximum absolute atomic E-state index is 5.97. The van der Waals surface area contributed by atoms with Crippen LogP contribution in [0.3, 0.4) is 0 Å². The van der Waals surface area contributed by atoms with E-state index in [2.05, 4.69) is 23.0 Å². The highest BCUT2D eigenvalue weighted by atomic mass is 35.5. The van der Waals surface area contributed by atoms with Gasteiger partial charge >= 0.3 is 0 Å². The van der Waals surface area contributed by atoms with Crippen molar-refractivity contribution >= 4 is 17.2 Å². The zero-order valence-corrected chi connectivity index (χ0v) is 9.37. The molecule has 0 aromatic carbocycles. The zero-order valence-electron chi connectivity index (χ0n) is 8.61. The standard InChI is InChI=1S/C11H13ClN2O/c1-14-8-2-3-9(14)5-7(4-8)10-11(12)13-6-15-10/h4,6,8-9H,2-3,5H2,1H3. The fourth-order valence-corrected chi connectivity index (χ4v) is 2.86. The predicted molar refractivity (Wildman–Crippen MR) is 58.7 cm³/mol. The van der Waals surface area contributed by atoms with E-state index in [0.717, 1.165) is 12.2 Å². The summed E-state index contributed by atoms with van der Waals surface area (Å²) >= 11 is 5.97. The highest BCUT2D eigenvalue weighted by Gasteiger charge is 2.35. The molecule has 2 atom stereocenters. The van der Waals surface area contributed by atoms with Gasteiger partial charge in [0.05, 0.1) is 0 Å². The Morgan fingerprint density at radius 1 is 1.53 bits per heavy atom. The summed E-state index contributed by atoms with van der Waals surface area (Å²) in [7, 11) is 2.19. The number of likely N-dealkylation sites (N-methyl/N-ethyl adjacent to an activating group) is 1. The van der Waals surface area contributed by atoms with E-state index in [4.69, 9.17) is 16.0 Å². The van der Waals surface area contributed by atoms with Crippen molar-refractivity contribution < 1.29 is 4.42 Å². The minimum absolute atomic E-state index is 0.491. The summed E-state index contributed by atoms with van der Waals surface area (Å²) in [6.07, 6.45) is 7.24. The topological polar surface area (TPSA) is 29.3 Å². The van der Waals surface area contributed by atoms with E-state index in [1.54, 1.807) is 0 Å². The summed E-state index contributed by atoms with van der Waals surface area (Å²) < 4.78 is 5.33. The number of aromatic nitrogens is 1. The minimum Gasteiger partial charge on any atom is -0.442 e. The third-order valence-electron chi connectivity index (χ3n) is 3.56. The van der Waals surface area contributed by atoms with Crippen molar-refractivity contribution in [2.24, 2.45) is 0 Å². The molecule has 2 aliphatic heterocycles. The largest absolute Gasteiger partial charge is 0.442 e. The smallest absolute Gasteiger partial charge is 0.182 e. The van der Waals surface area contributed by atoms with Crippen molar-refractivity contribution in [3.05, 3.63) is 23.4 Å². The van der Waals surface area contributed by atoms with Gasteiger partial charge in [0.15, 0.2) is 17.3 Å². The third kappa shape index (κ3) is 1.42. The fourth-order valence-electron chi connectivity index (χ4n) is 2.65. The first-order valence-corrected chi connectivity index (χ1v) is 5.65. The van der Waals surface area contributed by atoms with Crippen LogP contribution >= 0.6 is 11.6 Å². The number of halogens is 1. The van der Waals surface area contributed by atoms with Crippen LogP contribution in [0.15, 0.2) is 16.9 Å². The van der Waals surface area contributed by atoms with Gasteiger partial charge in [-0.3, -0.25) is 4.90 Å². The van der Waals surface area contributed by atoms with E-state index in [0.29, 0.717) is 17.2 Å². The van der Waals surface area contributed by atoms with Crippen LogP contribution in [0.2, 0.25) is 5.15 Å². The van der Waals surface area contributed by atoms with E-state index >= 15 is 0 Å². The monoisotopic (exact) mass is 224 g/mol. The van der Waals surface area contributed by atoms with Crippen molar-refractivity contribution in [3.8, 4) is 0 Å². The molecular weight excluding hydrogens is 212 g/mol. The van der Waals surface area contributed by atoms with Crippen LogP contribution in [-0.2, 0) is 0 Å². The molecule has 80 valence electrons. The highest BCUT2D eigenvalue weighted by Crippen LogP contribution is 2.38. The van der Waals surface area contributed by atoms with E-state index in [1.165, 1.54) is 24.8 Å². The normalized spacial score (nSPS) is 30.7. The Morgan fingerprint density at radius 3 is 3.07 bits per heavy atom. The molecule has 2 bridgehead atoms. The lowest BCUT2D eigenvalue weighted by Gasteiger charge is -2.29. The van der Waals surface area contributed by atoms with Gasteiger partial charge in [0.1, 0.15) is 0 Å². The van der Waals surface area contributed by atoms with Gasteiger partial charge in [0.2, 0.25) is 0 Å². The highest BCUT2D eigenvalue weighted by molar-refractivity contribution is 6.30. The Bertz CT molecular complexity index is 412. The van der Waals surface area contributed by atoms with Gasteiger partial charge < -0.3 is 4.42 Å². The lowest BCUT2D eigenvalue weighted by atomic mass is 10.0. The molecule has 1 aromatic rings. The Kier molecular flexibility index (Phi) is 2.11. The maximum atomic E-state index is 5.97. The SMILES string of the molecule is CN1C2C=C(c3ocnc3Cl)CC1CC2. The molecule has 0 N–H and O–H groups in total. The van der Waals surface area contributed by atoms with Crippen LogP contribution < -0.4 is 0 Å². The number of rotatable bonds is 1. The average Bonchev–Trinajstić information content (AvgIpc) is 2.70. The molecule has 4 heteroatoms. The molecule has 3 rings (SSSR count). The van der Waals surface area contributed by atoms with Gasteiger partial charge in [0.25, 0.3) is 0 Å². The van der Waals surface area contributed by atoms with E-state index in [9.17, 15) is 0 Å². The second-order valence-electron chi connectivity index (χ2n) is 4.33. The van der Waals surface area contributed by atoms with Gasteiger partial charge in [-0.1, -0.05) is 17.7 Å². The Balaban J connectivity index is 1.97. The molecule has 3 heterocycles. The van der Waals surface area contributed by atoms with Crippen LogP contribution in [0.1, 0.15) is 25.0 Å². The number of hydrogen-bond donors (Lipinski definition) is 0. The van der Waals surface area contributed by atoms with Crippen molar-refractivity contribution in [1.82, 2.24) is 9.88 Å². The van der Waals surface area contributed by atoms with Crippen LogP contribution in [0.25, 0.3) is 5.57 Å². The van der Waals surface area contributed by atoms with Crippen molar-refractivity contribution in [1.29, 1.82) is 0 Å². The Hall–Kier alpha value is -0.800. The Morgan fingerprint density at radius 2 is 2.40 bits per heavy atom. The van der Waals surface area contributed by atoms with Gasteiger partial charge in [-0.2, -0.15) is 0 Å². The molecule has 1 aromatic heterocycles. The first-order valence-electron chi connectivity index (χ1n) is 5.27. The molecule has 15 heavy (non-hydrogen) atoms. The molecule has 0 amide bonds. The average molecular weight is 225 g/mol. The first-order chi connectivity index (χ1) is 7.25. The van der Waals surface area contributed by atoms with E-state index in [1.807, 2.05) is 0 Å².